The van der Waals surface area contributed by atoms with Gasteiger partial charge in [-0.1, -0.05) is 52.3 Å². The van der Waals surface area contributed by atoms with Crippen LogP contribution in [-0.4, -0.2) is 10.9 Å². The quantitative estimate of drug-likeness (QED) is 0.784. The standard InChI is InChI=1S/C17H13BrN2O/c18-15-7-3-1-5-12(15)11-20-17(21)14-9-10-19-16-8-4-2-6-13(14)16/h1-10H,11H2,(H,20,21). The highest BCUT2D eigenvalue weighted by molar-refractivity contribution is 9.10. The van der Waals surface area contributed by atoms with Gasteiger partial charge in [-0.15, -0.1) is 0 Å². The molecule has 0 fully saturated rings. The Kier molecular flexibility index (Phi) is 3.97. The summed E-state index contributed by atoms with van der Waals surface area (Å²) in [7, 11) is 0. The first-order valence-electron chi connectivity index (χ1n) is 6.61. The van der Waals surface area contributed by atoms with Crippen molar-refractivity contribution in [3.05, 3.63) is 76.4 Å². The van der Waals surface area contributed by atoms with Crippen LogP contribution >= 0.6 is 15.9 Å². The van der Waals surface area contributed by atoms with E-state index in [9.17, 15) is 4.79 Å². The van der Waals surface area contributed by atoms with E-state index < -0.39 is 0 Å². The van der Waals surface area contributed by atoms with Crippen LogP contribution in [0.25, 0.3) is 10.9 Å². The van der Waals surface area contributed by atoms with Crippen LogP contribution in [0, 0.1) is 0 Å². The van der Waals surface area contributed by atoms with E-state index in [1.54, 1.807) is 12.3 Å². The van der Waals surface area contributed by atoms with Crippen LogP contribution in [0.3, 0.4) is 0 Å². The molecule has 0 aliphatic rings. The number of hydrogen-bond donors (Lipinski definition) is 1. The minimum atomic E-state index is -0.0932. The number of carbonyl (C=O) groups excluding carboxylic acids is 1. The molecule has 1 amide bonds. The van der Waals surface area contributed by atoms with Gasteiger partial charge in [-0.3, -0.25) is 9.78 Å². The molecule has 1 heterocycles. The second-order valence-electron chi connectivity index (χ2n) is 4.65. The molecule has 0 radical (unpaired) electrons. The summed E-state index contributed by atoms with van der Waals surface area (Å²) in [6, 6.07) is 17.2. The highest BCUT2D eigenvalue weighted by atomic mass is 79.9. The Hall–Kier alpha value is -2.20. The van der Waals surface area contributed by atoms with E-state index in [0.29, 0.717) is 12.1 Å². The molecule has 0 saturated heterocycles. The molecule has 21 heavy (non-hydrogen) atoms. The number of aromatic nitrogens is 1. The summed E-state index contributed by atoms with van der Waals surface area (Å²) >= 11 is 3.48. The molecule has 2 aromatic carbocycles. The number of rotatable bonds is 3. The van der Waals surface area contributed by atoms with Gasteiger partial charge in [-0.05, 0) is 23.8 Å². The molecule has 4 heteroatoms. The molecule has 0 atom stereocenters. The predicted molar refractivity (Wildman–Crippen MR) is 87.1 cm³/mol. The minimum absolute atomic E-state index is 0.0932. The normalized spacial score (nSPS) is 10.5. The number of fused-ring (bicyclic) bond motifs is 1. The van der Waals surface area contributed by atoms with Crippen LogP contribution in [0.4, 0.5) is 0 Å². The lowest BCUT2D eigenvalue weighted by Crippen LogP contribution is -2.23. The summed E-state index contributed by atoms with van der Waals surface area (Å²) in [5.74, 6) is -0.0932. The van der Waals surface area contributed by atoms with Crippen molar-refractivity contribution in [2.75, 3.05) is 0 Å². The Morgan fingerprint density at radius 1 is 1.05 bits per heavy atom. The average molecular weight is 341 g/mol. The number of pyridine rings is 1. The molecule has 3 aromatic rings. The topological polar surface area (TPSA) is 42.0 Å². The van der Waals surface area contributed by atoms with E-state index in [1.165, 1.54) is 0 Å². The second kappa shape index (κ2) is 6.06. The van der Waals surface area contributed by atoms with E-state index in [4.69, 9.17) is 0 Å². The Morgan fingerprint density at radius 3 is 2.67 bits per heavy atom. The highest BCUT2D eigenvalue weighted by Gasteiger charge is 2.10. The van der Waals surface area contributed by atoms with E-state index in [2.05, 4.69) is 26.2 Å². The maximum absolute atomic E-state index is 12.4. The van der Waals surface area contributed by atoms with Crippen LogP contribution in [0.15, 0.2) is 65.3 Å². The fourth-order valence-corrected chi connectivity index (χ4v) is 2.63. The maximum atomic E-state index is 12.4. The van der Waals surface area contributed by atoms with Crippen LogP contribution in [0.5, 0.6) is 0 Å². The summed E-state index contributed by atoms with van der Waals surface area (Å²) in [6.07, 6.45) is 1.66. The number of carbonyl (C=O) groups is 1. The molecule has 3 rings (SSSR count). The number of para-hydroxylation sites is 1. The van der Waals surface area contributed by atoms with Gasteiger partial charge in [0.25, 0.3) is 5.91 Å². The van der Waals surface area contributed by atoms with E-state index >= 15 is 0 Å². The van der Waals surface area contributed by atoms with Crippen molar-refractivity contribution in [2.45, 2.75) is 6.54 Å². The molecule has 1 aromatic heterocycles. The van der Waals surface area contributed by atoms with E-state index in [0.717, 1.165) is 20.9 Å². The molecule has 3 nitrogen and oxygen atoms in total. The zero-order chi connectivity index (χ0) is 14.7. The molecule has 0 spiro atoms. The van der Waals surface area contributed by atoms with Gasteiger partial charge in [-0.2, -0.15) is 0 Å². The van der Waals surface area contributed by atoms with Crippen molar-refractivity contribution >= 4 is 32.7 Å². The fourth-order valence-electron chi connectivity index (χ4n) is 2.21. The van der Waals surface area contributed by atoms with Crippen molar-refractivity contribution < 1.29 is 4.79 Å². The second-order valence-corrected chi connectivity index (χ2v) is 5.50. The summed E-state index contributed by atoms with van der Waals surface area (Å²) in [4.78, 5) is 16.7. The lowest BCUT2D eigenvalue weighted by atomic mass is 10.1. The van der Waals surface area contributed by atoms with E-state index in [1.807, 2.05) is 48.5 Å². The Bertz CT molecular complexity index is 796. The van der Waals surface area contributed by atoms with Crippen molar-refractivity contribution in [1.82, 2.24) is 10.3 Å². The number of nitrogens with one attached hydrogen (secondary N) is 1. The summed E-state index contributed by atoms with van der Waals surface area (Å²) < 4.78 is 0.991. The monoisotopic (exact) mass is 340 g/mol. The number of halogens is 1. The van der Waals surface area contributed by atoms with Gasteiger partial charge < -0.3 is 5.32 Å². The Morgan fingerprint density at radius 2 is 1.81 bits per heavy atom. The molecule has 0 aliphatic heterocycles. The predicted octanol–water partition coefficient (Wildman–Crippen LogP) is 3.93. The van der Waals surface area contributed by atoms with Gasteiger partial charge in [0.2, 0.25) is 0 Å². The highest BCUT2D eigenvalue weighted by Crippen LogP contribution is 2.18. The van der Waals surface area contributed by atoms with Gasteiger partial charge in [-0.25, -0.2) is 0 Å². The van der Waals surface area contributed by atoms with E-state index in [-0.39, 0.29) is 5.91 Å². The van der Waals surface area contributed by atoms with Gasteiger partial charge >= 0.3 is 0 Å². The average Bonchev–Trinajstić information content (AvgIpc) is 2.53. The first-order valence-corrected chi connectivity index (χ1v) is 7.40. The Labute approximate surface area is 131 Å². The zero-order valence-corrected chi connectivity index (χ0v) is 12.8. The molecule has 104 valence electrons. The summed E-state index contributed by atoms with van der Waals surface area (Å²) in [6.45, 7) is 0.483. The van der Waals surface area contributed by atoms with Gasteiger partial charge in [0, 0.05) is 22.6 Å². The SMILES string of the molecule is O=C(NCc1ccccc1Br)c1ccnc2ccccc12. The van der Waals surface area contributed by atoms with Crippen LogP contribution in [0.2, 0.25) is 0 Å². The van der Waals surface area contributed by atoms with Crippen LogP contribution < -0.4 is 5.32 Å². The van der Waals surface area contributed by atoms with Crippen molar-refractivity contribution in [1.29, 1.82) is 0 Å². The molecule has 0 bridgehead atoms. The third kappa shape index (κ3) is 2.95. The fraction of sp³-hybridized carbons (Fsp3) is 0.0588. The maximum Gasteiger partial charge on any atom is 0.252 e. The molecule has 0 aliphatic carbocycles. The first-order chi connectivity index (χ1) is 10.3. The van der Waals surface area contributed by atoms with Crippen LogP contribution in [-0.2, 0) is 6.54 Å². The molecular formula is C17H13BrN2O. The third-order valence-electron chi connectivity index (χ3n) is 3.29. The van der Waals surface area contributed by atoms with Crippen molar-refractivity contribution in [3.8, 4) is 0 Å². The lowest BCUT2D eigenvalue weighted by molar-refractivity contribution is 0.0952. The van der Waals surface area contributed by atoms with Crippen molar-refractivity contribution in [3.63, 3.8) is 0 Å². The minimum Gasteiger partial charge on any atom is -0.348 e. The van der Waals surface area contributed by atoms with Gasteiger partial charge in [0.1, 0.15) is 0 Å². The smallest absolute Gasteiger partial charge is 0.252 e. The van der Waals surface area contributed by atoms with Crippen LogP contribution in [0.1, 0.15) is 15.9 Å². The lowest BCUT2D eigenvalue weighted by Gasteiger charge is -2.09. The zero-order valence-electron chi connectivity index (χ0n) is 11.2. The van der Waals surface area contributed by atoms with Crippen molar-refractivity contribution in [2.24, 2.45) is 0 Å². The number of hydrogen-bond acceptors (Lipinski definition) is 2. The first kappa shape index (κ1) is 13.8. The molecule has 0 saturated carbocycles. The van der Waals surface area contributed by atoms with Gasteiger partial charge in [0.15, 0.2) is 0 Å². The molecule has 0 unspecified atom stereocenters. The number of benzene rings is 2. The number of nitrogens with zero attached hydrogens (tertiary/aromatic N) is 1. The largest absolute Gasteiger partial charge is 0.348 e. The molecule has 1 N–H and O–H groups in total. The summed E-state index contributed by atoms with van der Waals surface area (Å²) in [5, 5.41) is 3.82. The number of amides is 1. The Balaban J connectivity index is 1.83. The molecular weight excluding hydrogens is 328 g/mol. The third-order valence-corrected chi connectivity index (χ3v) is 4.06. The van der Waals surface area contributed by atoms with Gasteiger partial charge in [0.05, 0.1) is 11.1 Å². The summed E-state index contributed by atoms with van der Waals surface area (Å²) in [5.41, 5.74) is 2.52.